The van der Waals surface area contributed by atoms with E-state index in [1.165, 1.54) is 24.3 Å². The van der Waals surface area contributed by atoms with E-state index in [9.17, 15) is 18.4 Å². The zero-order chi connectivity index (χ0) is 17.5. The molecule has 5 nitrogen and oxygen atoms in total. The first-order valence-electron chi connectivity index (χ1n) is 7.10. The Balaban J connectivity index is 1.78. The zero-order valence-electron chi connectivity index (χ0n) is 12.6. The van der Waals surface area contributed by atoms with Gasteiger partial charge in [-0.2, -0.15) is 0 Å². The van der Waals surface area contributed by atoms with E-state index >= 15 is 0 Å². The molecule has 2 aromatic rings. The van der Waals surface area contributed by atoms with Gasteiger partial charge in [0, 0.05) is 0 Å². The third-order valence-corrected chi connectivity index (χ3v) is 3.15. The Morgan fingerprint density at radius 3 is 2.58 bits per heavy atom. The number of amides is 1. The topological polar surface area (TPSA) is 75.6 Å². The summed E-state index contributed by atoms with van der Waals surface area (Å²) in [6.45, 7) is -0.0905. The summed E-state index contributed by atoms with van der Waals surface area (Å²) < 4.78 is 31.8. The van der Waals surface area contributed by atoms with Crippen LogP contribution in [0.3, 0.4) is 0 Å². The molecule has 0 unspecified atom stereocenters. The van der Waals surface area contributed by atoms with Crippen LogP contribution in [0.4, 0.5) is 14.5 Å². The summed E-state index contributed by atoms with van der Waals surface area (Å²) in [5.41, 5.74) is 0.404. The maximum atomic E-state index is 13.7. The molecule has 0 saturated heterocycles. The smallest absolute Gasteiger partial charge is 0.335 e. The van der Waals surface area contributed by atoms with Gasteiger partial charge in [0.15, 0.2) is 0 Å². The Morgan fingerprint density at radius 1 is 1.12 bits per heavy atom. The molecular formula is C17H15F2NO4. The van der Waals surface area contributed by atoms with Gasteiger partial charge in [-0.3, -0.25) is 4.79 Å². The Kier molecular flexibility index (Phi) is 5.97. The molecule has 0 atom stereocenters. The molecule has 0 spiro atoms. The first-order valence-corrected chi connectivity index (χ1v) is 7.10. The highest BCUT2D eigenvalue weighted by atomic mass is 19.1. The lowest BCUT2D eigenvalue weighted by molar-refractivity contribution is -0.120. The van der Waals surface area contributed by atoms with E-state index < -0.39 is 17.7 Å². The second-order valence-corrected chi connectivity index (χ2v) is 4.98. The molecule has 126 valence electrons. The minimum Gasteiger partial charge on any atom is -0.478 e. The van der Waals surface area contributed by atoms with E-state index in [4.69, 9.17) is 9.84 Å². The Labute approximate surface area is 136 Å². The molecule has 0 aliphatic rings. The summed E-state index contributed by atoms with van der Waals surface area (Å²) in [5, 5.41) is 11.0. The van der Waals surface area contributed by atoms with Crippen molar-refractivity contribution >= 4 is 17.6 Å². The number of nitrogens with one attached hydrogen (secondary N) is 1. The first-order chi connectivity index (χ1) is 11.5. The molecule has 7 heteroatoms. The van der Waals surface area contributed by atoms with Crippen LogP contribution in [0.15, 0.2) is 42.5 Å². The number of rotatable bonds is 7. The molecule has 0 bridgehead atoms. The van der Waals surface area contributed by atoms with Crippen LogP contribution in [0.25, 0.3) is 0 Å². The molecule has 2 N–H and O–H groups in total. The summed E-state index contributed by atoms with van der Waals surface area (Å²) in [5.74, 6) is -3.02. The third-order valence-electron chi connectivity index (χ3n) is 3.15. The molecule has 0 fully saturated rings. The molecule has 0 heterocycles. The van der Waals surface area contributed by atoms with Crippen LogP contribution in [0.1, 0.15) is 15.9 Å². The van der Waals surface area contributed by atoms with Crippen molar-refractivity contribution in [3.63, 3.8) is 0 Å². The van der Waals surface area contributed by atoms with Crippen molar-refractivity contribution in [3.8, 4) is 0 Å². The van der Waals surface area contributed by atoms with E-state index in [2.05, 4.69) is 5.32 Å². The van der Waals surface area contributed by atoms with Crippen molar-refractivity contribution in [2.24, 2.45) is 0 Å². The maximum Gasteiger partial charge on any atom is 0.335 e. The quantitative estimate of drug-likeness (QED) is 0.763. The zero-order valence-corrected chi connectivity index (χ0v) is 12.6. The van der Waals surface area contributed by atoms with Gasteiger partial charge in [-0.15, -0.1) is 0 Å². The Bertz CT molecular complexity index is 749. The Hall–Kier alpha value is -2.80. The minimum absolute atomic E-state index is 0.126. The normalized spacial score (nSPS) is 10.4. The molecule has 0 saturated carbocycles. The molecule has 0 aliphatic carbocycles. The molecule has 24 heavy (non-hydrogen) atoms. The molecule has 0 aliphatic heterocycles. The number of carbonyl (C=O) groups excluding carboxylic acids is 1. The van der Waals surface area contributed by atoms with Crippen LogP contribution in [0, 0.1) is 11.6 Å². The number of hydrogen-bond donors (Lipinski definition) is 2. The fraction of sp³-hybridized carbons (Fsp3) is 0.176. The number of anilines is 1. The largest absolute Gasteiger partial charge is 0.478 e. The molecule has 2 rings (SSSR count). The average molecular weight is 335 g/mol. The third kappa shape index (κ3) is 5.13. The molecule has 0 radical (unpaired) electrons. The van der Waals surface area contributed by atoms with E-state index in [0.717, 1.165) is 11.6 Å². The second kappa shape index (κ2) is 8.16. The number of carboxylic acids is 1. The molecule has 2 aromatic carbocycles. The predicted molar refractivity (Wildman–Crippen MR) is 82.9 cm³/mol. The standard InChI is InChI=1S/C17H15F2NO4/c18-13-3-1-2-11(8-13)6-7-24-10-16(21)20-15-5-4-12(17(22)23)9-14(15)19/h1-5,8-9H,6-7,10H2,(H,20,21)(H,22,23). The van der Waals surface area contributed by atoms with Gasteiger partial charge in [0.1, 0.15) is 18.2 Å². The lowest BCUT2D eigenvalue weighted by Crippen LogP contribution is -2.20. The SMILES string of the molecule is O=C(COCCc1cccc(F)c1)Nc1ccc(C(=O)O)cc1F. The van der Waals surface area contributed by atoms with Crippen LogP contribution in [-0.4, -0.2) is 30.2 Å². The highest BCUT2D eigenvalue weighted by Gasteiger charge is 2.11. The van der Waals surface area contributed by atoms with Gasteiger partial charge in [-0.05, 0) is 42.3 Å². The molecular weight excluding hydrogens is 320 g/mol. The molecule has 0 aromatic heterocycles. The predicted octanol–water partition coefficient (Wildman–Crippen LogP) is 2.86. The summed E-state index contributed by atoms with van der Waals surface area (Å²) >= 11 is 0. The number of carboxylic acid groups (broad SMARTS) is 1. The summed E-state index contributed by atoms with van der Waals surface area (Å²) in [6, 6.07) is 9.22. The minimum atomic E-state index is -1.26. The van der Waals surface area contributed by atoms with E-state index in [0.29, 0.717) is 6.42 Å². The van der Waals surface area contributed by atoms with Gasteiger partial charge < -0.3 is 15.2 Å². The van der Waals surface area contributed by atoms with Crippen LogP contribution < -0.4 is 5.32 Å². The summed E-state index contributed by atoms with van der Waals surface area (Å²) in [7, 11) is 0. The van der Waals surface area contributed by atoms with Gasteiger partial charge in [-0.25, -0.2) is 13.6 Å². The van der Waals surface area contributed by atoms with Gasteiger partial charge in [0.25, 0.3) is 0 Å². The fourth-order valence-corrected chi connectivity index (χ4v) is 1.98. The number of halogens is 2. The lowest BCUT2D eigenvalue weighted by atomic mass is 10.2. The summed E-state index contributed by atoms with van der Waals surface area (Å²) in [6.07, 6.45) is 0.437. The van der Waals surface area contributed by atoms with Crippen LogP contribution >= 0.6 is 0 Å². The summed E-state index contributed by atoms with van der Waals surface area (Å²) in [4.78, 5) is 22.4. The van der Waals surface area contributed by atoms with Gasteiger partial charge in [-0.1, -0.05) is 12.1 Å². The highest BCUT2D eigenvalue weighted by molar-refractivity contribution is 5.93. The van der Waals surface area contributed by atoms with E-state index in [1.54, 1.807) is 12.1 Å². The first kappa shape index (κ1) is 17.6. The highest BCUT2D eigenvalue weighted by Crippen LogP contribution is 2.15. The number of carbonyl (C=O) groups is 2. The van der Waals surface area contributed by atoms with E-state index in [-0.39, 0.29) is 30.3 Å². The average Bonchev–Trinajstić information content (AvgIpc) is 2.53. The van der Waals surface area contributed by atoms with Crippen LogP contribution in [-0.2, 0) is 16.0 Å². The number of benzene rings is 2. The monoisotopic (exact) mass is 335 g/mol. The number of hydrogen-bond acceptors (Lipinski definition) is 3. The van der Waals surface area contributed by atoms with E-state index in [1.807, 2.05) is 0 Å². The maximum absolute atomic E-state index is 13.7. The van der Waals surface area contributed by atoms with Crippen LogP contribution in [0.5, 0.6) is 0 Å². The number of ether oxygens (including phenoxy) is 1. The van der Waals surface area contributed by atoms with Crippen molar-refractivity contribution in [2.75, 3.05) is 18.5 Å². The van der Waals surface area contributed by atoms with Crippen molar-refractivity contribution in [2.45, 2.75) is 6.42 Å². The van der Waals surface area contributed by atoms with Crippen LogP contribution in [0.2, 0.25) is 0 Å². The fourth-order valence-electron chi connectivity index (χ4n) is 1.98. The van der Waals surface area contributed by atoms with Crippen molar-refractivity contribution in [1.29, 1.82) is 0 Å². The van der Waals surface area contributed by atoms with Crippen molar-refractivity contribution in [3.05, 3.63) is 65.2 Å². The van der Waals surface area contributed by atoms with Crippen molar-refractivity contribution in [1.82, 2.24) is 0 Å². The Morgan fingerprint density at radius 2 is 1.92 bits per heavy atom. The number of aromatic carboxylic acids is 1. The second-order valence-electron chi connectivity index (χ2n) is 4.98. The van der Waals surface area contributed by atoms with Gasteiger partial charge >= 0.3 is 5.97 Å². The van der Waals surface area contributed by atoms with Gasteiger partial charge in [0.05, 0.1) is 17.9 Å². The van der Waals surface area contributed by atoms with Crippen molar-refractivity contribution < 1.29 is 28.2 Å². The molecule has 1 amide bonds. The van der Waals surface area contributed by atoms with Gasteiger partial charge in [0.2, 0.25) is 5.91 Å². The lowest BCUT2D eigenvalue weighted by Gasteiger charge is -2.08.